The van der Waals surface area contributed by atoms with Gasteiger partial charge in [-0.05, 0) is 6.92 Å². The van der Waals surface area contributed by atoms with Crippen LogP contribution in [0.2, 0.25) is 0 Å². The van der Waals surface area contributed by atoms with Gasteiger partial charge in [0.2, 0.25) is 0 Å². The fraction of sp³-hybridized carbons (Fsp3) is 0.500. The van der Waals surface area contributed by atoms with Gasteiger partial charge < -0.3 is 18.8 Å². The molecule has 0 fully saturated rings. The van der Waals surface area contributed by atoms with Crippen LogP contribution in [-0.2, 0) is 4.74 Å². The van der Waals surface area contributed by atoms with Gasteiger partial charge in [0.05, 0.1) is 12.6 Å². The van der Waals surface area contributed by atoms with Gasteiger partial charge in [-0.3, -0.25) is 0 Å². The van der Waals surface area contributed by atoms with E-state index in [1.165, 1.54) is 12.3 Å². The second-order valence-electron chi connectivity index (χ2n) is 5.25. The molecule has 0 N–H and O–H groups in total. The van der Waals surface area contributed by atoms with Crippen molar-refractivity contribution in [2.75, 3.05) is 26.9 Å². The van der Waals surface area contributed by atoms with Gasteiger partial charge in [0.1, 0.15) is 12.4 Å². The summed E-state index contributed by atoms with van der Waals surface area (Å²) in [6, 6.07) is 1.10. The summed E-state index contributed by atoms with van der Waals surface area (Å²) in [5.41, 5.74) is 0.286. The van der Waals surface area contributed by atoms with Crippen molar-refractivity contribution in [2.24, 2.45) is 0 Å². The number of hydrogen-bond donors (Lipinski definition) is 0. The molecule has 0 bridgehead atoms. The van der Waals surface area contributed by atoms with E-state index in [9.17, 15) is 13.2 Å². The highest BCUT2D eigenvalue weighted by molar-refractivity contribution is 5.65. The Labute approximate surface area is 135 Å². The average Bonchev–Trinajstić information content (AvgIpc) is 2.82. The molecule has 0 spiro atoms. The molecule has 3 rings (SSSR count). The number of alkyl halides is 3. The van der Waals surface area contributed by atoms with Crippen LogP contribution in [0.15, 0.2) is 12.3 Å². The first-order valence-electron chi connectivity index (χ1n) is 7.13. The van der Waals surface area contributed by atoms with E-state index in [0.29, 0.717) is 18.3 Å². The first kappa shape index (κ1) is 16.5. The number of aromatic nitrogens is 4. The molecule has 0 radical (unpaired) electrons. The number of ether oxygens (including phenoxy) is 3. The van der Waals surface area contributed by atoms with Gasteiger partial charge in [-0.25, -0.2) is 4.98 Å². The molecule has 0 saturated carbocycles. The van der Waals surface area contributed by atoms with E-state index in [-0.39, 0.29) is 29.8 Å². The quantitative estimate of drug-likeness (QED) is 0.847. The number of hydrogen-bond acceptors (Lipinski definition) is 6. The largest absolute Gasteiger partial charge is 0.485 e. The minimum absolute atomic E-state index is 0.0393. The summed E-state index contributed by atoms with van der Waals surface area (Å²) in [6.45, 7) is 0.855. The molecule has 24 heavy (non-hydrogen) atoms. The van der Waals surface area contributed by atoms with Gasteiger partial charge in [0.25, 0.3) is 0 Å². The molecule has 0 aromatic carbocycles. The summed E-state index contributed by atoms with van der Waals surface area (Å²) in [5, 5.41) is 8.10. The van der Waals surface area contributed by atoms with Crippen molar-refractivity contribution in [3.8, 4) is 23.0 Å². The van der Waals surface area contributed by atoms with Crippen LogP contribution in [0.25, 0.3) is 11.5 Å². The number of pyridine rings is 1. The van der Waals surface area contributed by atoms with Crippen LogP contribution >= 0.6 is 0 Å². The van der Waals surface area contributed by atoms with E-state index in [1.807, 2.05) is 0 Å². The van der Waals surface area contributed by atoms with E-state index >= 15 is 0 Å². The smallest absolute Gasteiger partial charge is 0.422 e. The lowest BCUT2D eigenvalue weighted by Gasteiger charge is -2.17. The highest BCUT2D eigenvalue weighted by Gasteiger charge is 2.32. The maximum Gasteiger partial charge on any atom is 0.422 e. The predicted molar refractivity (Wildman–Crippen MR) is 75.9 cm³/mol. The van der Waals surface area contributed by atoms with Crippen molar-refractivity contribution in [1.82, 2.24) is 19.7 Å². The predicted octanol–water partition coefficient (Wildman–Crippen LogP) is 2.17. The Kier molecular flexibility index (Phi) is 4.31. The molecule has 130 valence electrons. The highest BCUT2D eigenvalue weighted by Crippen LogP contribution is 2.40. The maximum absolute atomic E-state index is 12.4. The molecule has 1 aliphatic heterocycles. The van der Waals surface area contributed by atoms with Gasteiger partial charge in [-0.1, -0.05) is 0 Å². The molecule has 3 heterocycles. The maximum atomic E-state index is 12.4. The SMILES string of the molecule is COC[C@H]1COc2c(OCC(F)(F)F)ccnc2-c2nnc(C)n21. The van der Waals surface area contributed by atoms with Crippen LogP contribution in [-0.4, -0.2) is 52.9 Å². The molecule has 2 aromatic heterocycles. The molecular formula is C14H15F3N4O3. The van der Waals surface area contributed by atoms with Crippen LogP contribution < -0.4 is 9.47 Å². The van der Waals surface area contributed by atoms with Crippen molar-refractivity contribution >= 4 is 0 Å². The monoisotopic (exact) mass is 344 g/mol. The van der Waals surface area contributed by atoms with Crippen LogP contribution in [0.4, 0.5) is 13.2 Å². The molecule has 2 aromatic rings. The zero-order chi connectivity index (χ0) is 17.3. The zero-order valence-corrected chi connectivity index (χ0v) is 13.0. The minimum Gasteiger partial charge on any atom is -0.485 e. The van der Waals surface area contributed by atoms with E-state index in [1.54, 1.807) is 18.6 Å². The molecule has 1 atom stereocenters. The average molecular weight is 344 g/mol. The molecule has 0 amide bonds. The third-order valence-corrected chi connectivity index (χ3v) is 3.48. The summed E-state index contributed by atoms with van der Waals surface area (Å²) in [5.74, 6) is 1.11. The van der Waals surface area contributed by atoms with Crippen LogP contribution in [0.1, 0.15) is 11.9 Å². The van der Waals surface area contributed by atoms with Gasteiger partial charge in [-0.15, -0.1) is 10.2 Å². The molecule has 0 saturated heterocycles. The summed E-state index contributed by atoms with van der Waals surface area (Å²) in [6.07, 6.45) is -3.10. The Morgan fingerprint density at radius 3 is 2.88 bits per heavy atom. The highest BCUT2D eigenvalue weighted by atomic mass is 19.4. The number of aryl methyl sites for hydroxylation is 1. The van der Waals surface area contributed by atoms with Gasteiger partial charge in [0.15, 0.2) is 29.6 Å². The normalized spacial score (nSPS) is 16.8. The summed E-state index contributed by atoms with van der Waals surface area (Å²) in [7, 11) is 1.55. The fourth-order valence-corrected chi connectivity index (χ4v) is 2.54. The van der Waals surface area contributed by atoms with Crippen LogP contribution in [0, 0.1) is 6.92 Å². The molecule has 0 unspecified atom stereocenters. The van der Waals surface area contributed by atoms with Crippen molar-refractivity contribution in [2.45, 2.75) is 19.1 Å². The van der Waals surface area contributed by atoms with Crippen LogP contribution in [0.3, 0.4) is 0 Å². The Morgan fingerprint density at radius 1 is 1.38 bits per heavy atom. The van der Waals surface area contributed by atoms with E-state index in [0.717, 1.165) is 0 Å². The fourth-order valence-electron chi connectivity index (χ4n) is 2.54. The lowest BCUT2D eigenvalue weighted by atomic mass is 10.2. The molecule has 0 aliphatic carbocycles. The molecule has 1 aliphatic rings. The Hall–Kier alpha value is -2.36. The summed E-state index contributed by atoms with van der Waals surface area (Å²) in [4.78, 5) is 4.18. The van der Waals surface area contributed by atoms with Gasteiger partial charge in [0, 0.05) is 19.4 Å². The van der Waals surface area contributed by atoms with Crippen molar-refractivity contribution < 1.29 is 27.4 Å². The molecule has 10 heteroatoms. The van der Waals surface area contributed by atoms with E-state index in [2.05, 4.69) is 15.2 Å². The third-order valence-electron chi connectivity index (χ3n) is 3.48. The number of fused-ring (bicyclic) bond motifs is 3. The number of methoxy groups -OCH3 is 1. The Balaban J connectivity index is 2.02. The van der Waals surface area contributed by atoms with Crippen molar-refractivity contribution in [3.05, 3.63) is 18.1 Å². The zero-order valence-electron chi connectivity index (χ0n) is 13.0. The lowest BCUT2D eigenvalue weighted by molar-refractivity contribution is -0.153. The van der Waals surface area contributed by atoms with Gasteiger partial charge in [-0.2, -0.15) is 13.2 Å². The summed E-state index contributed by atoms with van der Waals surface area (Å²) >= 11 is 0. The first-order valence-corrected chi connectivity index (χ1v) is 7.13. The lowest BCUT2D eigenvalue weighted by Crippen LogP contribution is -2.22. The second kappa shape index (κ2) is 6.27. The second-order valence-corrected chi connectivity index (χ2v) is 5.25. The van der Waals surface area contributed by atoms with Crippen molar-refractivity contribution in [1.29, 1.82) is 0 Å². The standard InChI is InChI=1S/C14H15F3N4O3/c1-8-19-20-13-11-12(23-6-9(5-22-2)21(8)13)10(3-4-18-11)24-7-14(15,16)17/h3-4,9H,5-7H2,1-2H3/t9-/m0/s1. The van der Waals surface area contributed by atoms with E-state index < -0.39 is 12.8 Å². The van der Waals surface area contributed by atoms with Gasteiger partial charge >= 0.3 is 6.18 Å². The minimum atomic E-state index is -4.45. The van der Waals surface area contributed by atoms with Crippen molar-refractivity contribution in [3.63, 3.8) is 0 Å². The van der Waals surface area contributed by atoms with E-state index in [4.69, 9.17) is 14.2 Å². The number of nitrogens with zero attached hydrogens (tertiary/aromatic N) is 4. The third kappa shape index (κ3) is 3.14. The number of halogens is 3. The summed E-state index contributed by atoms with van der Waals surface area (Å²) < 4.78 is 54.8. The topological polar surface area (TPSA) is 71.3 Å². The number of rotatable bonds is 4. The molecule has 7 nitrogen and oxygen atoms in total. The Morgan fingerprint density at radius 2 is 2.17 bits per heavy atom. The van der Waals surface area contributed by atoms with Crippen LogP contribution in [0.5, 0.6) is 11.5 Å². The Bertz CT molecular complexity index is 733. The molecular weight excluding hydrogens is 329 g/mol. The first-order chi connectivity index (χ1) is 11.4.